The number of carbonyl (C=O) groups excluding carboxylic acids is 1. The van der Waals surface area contributed by atoms with Crippen molar-refractivity contribution in [3.8, 4) is 0 Å². The van der Waals surface area contributed by atoms with Crippen LogP contribution in [0.15, 0.2) is 0 Å². The van der Waals surface area contributed by atoms with Crippen LogP contribution in [0.5, 0.6) is 0 Å². The van der Waals surface area contributed by atoms with Gasteiger partial charge in [-0.1, -0.05) is 0 Å². The SMILES string of the molecule is CCOC(C)C(=O)N1CCNC(C)C1C.Cl. The molecule has 16 heavy (non-hydrogen) atoms. The van der Waals surface area contributed by atoms with E-state index in [-0.39, 0.29) is 30.5 Å². The van der Waals surface area contributed by atoms with Gasteiger partial charge >= 0.3 is 0 Å². The number of hydrogen-bond acceptors (Lipinski definition) is 3. The normalized spacial score (nSPS) is 27.1. The Labute approximate surface area is 104 Å². The van der Waals surface area contributed by atoms with Crippen molar-refractivity contribution in [1.29, 1.82) is 0 Å². The summed E-state index contributed by atoms with van der Waals surface area (Å²) >= 11 is 0. The van der Waals surface area contributed by atoms with Gasteiger partial charge in [-0.05, 0) is 27.7 Å². The van der Waals surface area contributed by atoms with Gasteiger partial charge in [-0.15, -0.1) is 12.4 Å². The quantitative estimate of drug-likeness (QED) is 0.814. The van der Waals surface area contributed by atoms with Gasteiger partial charge < -0.3 is 15.0 Å². The molecule has 0 bridgehead atoms. The molecule has 0 radical (unpaired) electrons. The van der Waals surface area contributed by atoms with E-state index in [2.05, 4.69) is 19.2 Å². The van der Waals surface area contributed by atoms with Crippen LogP contribution in [0.4, 0.5) is 0 Å². The lowest BCUT2D eigenvalue weighted by Crippen LogP contribution is -2.59. The second-order valence-electron chi connectivity index (χ2n) is 4.11. The first kappa shape index (κ1) is 15.7. The first-order valence-corrected chi connectivity index (χ1v) is 5.73. The van der Waals surface area contributed by atoms with Gasteiger partial charge in [0.2, 0.25) is 0 Å². The molecule has 1 N–H and O–H groups in total. The van der Waals surface area contributed by atoms with E-state index in [1.807, 2.05) is 18.7 Å². The lowest BCUT2D eigenvalue weighted by atomic mass is 10.1. The molecule has 1 fully saturated rings. The Kier molecular flexibility index (Phi) is 6.95. The maximum atomic E-state index is 12.0. The predicted molar refractivity (Wildman–Crippen MR) is 67.0 cm³/mol. The highest BCUT2D eigenvalue weighted by Crippen LogP contribution is 2.11. The van der Waals surface area contributed by atoms with Crippen molar-refractivity contribution in [3.63, 3.8) is 0 Å². The highest BCUT2D eigenvalue weighted by Gasteiger charge is 2.30. The van der Waals surface area contributed by atoms with E-state index < -0.39 is 0 Å². The molecule has 0 aromatic rings. The minimum atomic E-state index is -0.317. The Hall–Kier alpha value is -0.320. The Morgan fingerprint density at radius 1 is 1.56 bits per heavy atom. The smallest absolute Gasteiger partial charge is 0.251 e. The van der Waals surface area contributed by atoms with Crippen LogP contribution in [0.3, 0.4) is 0 Å². The maximum Gasteiger partial charge on any atom is 0.251 e. The van der Waals surface area contributed by atoms with E-state index in [1.165, 1.54) is 0 Å². The standard InChI is InChI=1S/C11H22N2O2.ClH/c1-5-15-10(4)11(14)13-7-6-12-8(2)9(13)3;/h8-10,12H,5-7H2,1-4H3;1H. The molecule has 1 aliphatic rings. The Morgan fingerprint density at radius 2 is 2.19 bits per heavy atom. The van der Waals surface area contributed by atoms with E-state index in [9.17, 15) is 4.79 Å². The van der Waals surface area contributed by atoms with Crippen LogP contribution in [-0.2, 0) is 9.53 Å². The lowest BCUT2D eigenvalue weighted by molar-refractivity contribution is -0.146. The van der Waals surface area contributed by atoms with Gasteiger partial charge in [0, 0.05) is 31.8 Å². The van der Waals surface area contributed by atoms with Crippen molar-refractivity contribution < 1.29 is 9.53 Å². The third-order valence-corrected chi connectivity index (χ3v) is 3.08. The zero-order chi connectivity index (χ0) is 11.4. The molecule has 0 aromatic heterocycles. The highest BCUT2D eigenvalue weighted by molar-refractivity contribution is 5.85. The number of halogens is 1. The van der Waals surface area contributed by atoms with Gasteiger partial charge in [0.1, 0.15) is 6.10 Å². The van der Waals surface area contributed by atoms with Crippen LogP contribution >= 0.6 is 12.4 Å². The highest BCUT2D eigenvalue weighted by atomic mass is 35.5. The molecule has 1 saturated heterocycles. The van der Waals surface area contributed by atoms with Gasteiger partial charge in [-0.25, -0.2) is 0 Å². The molecular formula is C11H23ClN2O2. The molecule has 1 amide bonds. The van der Waals surface area contributed by atoms with Crippen molar-refractivity contribution in [2.24, 2.45) is 0 Å². The summed E-state index contributed by atoms with van der Waals surface area (Å²) in [7, 11) is 0. The van der Waals surface area contributed by atoms with Crippen molar-refractivity contribution in [2.75, 3.05) is 19.7 Å². The number of rotatable bonds is 3. The molecule has 0 aromatic carbocycles. The monoisotopic (exact) mass is 250 g/mol. The fourth-order valence-corrected chi connectivity index (χ4v) is 1.92. The second kappa shape index (κ2) is 7.09. The summed E-state index contributed by atoms with van der Waals surface area (Å²) in [6.45, 7) is 10.2. The minimum absolute atomic E-state index is 0. The molecular weight excluding hydrogens is 228 g/mol. The molecule has 3 unspecified atom stereocenters. The number of ether oxygens (including phenoxy) is 1. The molecule has 0 aliphatic carbocycles. The first-order valence-electron chi connectivity index (χ1n) is 5.73. The molecule has 5 heteroatoms. The molecule has 3 atom stereocenters. The second-order valence-corrected chi connectivity index (χ2v) is 4.11. The van der Waals surface area contributed by atoms with E-state index >= 15 is 0 Å². The number of piperazine rings is 1. The van der Waals surface area contributed by atoms with Crippen LogP contribution in [0, 0.1) is 0 Å². The first-order chi connectivity index (χ1) is 7.07. The zero-order valence-electron chi connectivity index (χ0n) is 10.5. The van der Waals surface area contributed by atoms with E-state index in [0.29, 0.717) is 12.6 Å². The minimum Gasteiger partial charge on any atom is -0.369 e. The van der Waals surface area contributed by atoms with E-state index in [4.69, 9.17) is 4.74 Å². The molecule has 96 valence electrons. The number of nitrogens with zero attached hydrogens (tertiary/aromatic N) is 1. The third kappa shape index (κ3) is 3.61. The molecule has 0 spiro atoms. The third-order valence-electron chi connectivity index (χ3n) is 3.08. The predicted octanol–water partition coefficient (Wildman–Crippen LogP) is 1.04. The summed E-state index contributed by atoms with van der Waals surface area (Å²) in [6.07, 6.45) is -0.317. The topological polar surface area (TPSA) is 41.6 Å². The van der Waals surface area contributed by atoms with Crippen molar-refractivity contribution >= 4 is 18.3 Å². The summed E-state index contributed by atoms with van der Waals surface area (Å²) in [5, 5.41) is 3.35. The summed E-state index contributed by atoms with van der Waals surface area (Å²) in [5.74, 6) is 0.109. The lowest BCUT2D eigenvalue weighted by Gasteiger charge is -2.39. The molecule has 1 aliphatic heterocycles. The molecule has 1 heterocycles. The van der Waals surface area contributed by atoms with Gasteiger partial charge in [-0.2, -0.15) is 0 Å². The van der Waals surface area contributed by atoms with Gasteiger partial charge in [-0.3, -0.25) is 4.79 Å². The molecule has 4 nitrogen and oxygen atoms in total. The summed E-state index contributed by atoms with van der Waals surface area (Å²) in [4.78, 5) is 13.9. The van der Waals surface area contributed by atoms with Crippen molar-refractivity contribution in [1.82, 2.24) is 10.2 Å². The maximum absolute atomic E-state index is 12.0. The number of hydrogen-bond donors (Lipinski definition) is 1. The molecule has 1 rings (SSSR count). The number of carbonyl (C=O) groups is 1. The van der Waals surface area contributed by atoms with Crippen molar-refractivity contribution in [3.05, 3.63) is 0 Å². The fraction of sp³-hybridized carbons (Fsp3) is 0.909. The Balaban J connectivity index is 0.00000225. The number of nitrogens with one attached hydrogen (secondary N) is 1. The summed E-state index contributed by atoms with van der Waals surface area (Å²) in [5.41, 5.74) is 0. The van der Waals surface area contributed by atoms with Crippen LogP contribution in [0.2, 0.25) is 0 Å². The summed E-state index contributed by atoms with van der Waals surface area (Å²) in [6, 6.07) is 0.602. The van der Waals surface area contributed by atoms with E-state index in [1.54, 1.807) is 0 Å². The zero-order valence-corrected chi connectivity index (χ0v) is 11.3. The largest absolute Gasteiger partial charge is 0.369 e. The van der Waals surface area contributed by atoms with Gasteiger partial charge in [0.15, 0.2) is 0 Å². The average molecular weight is 251 g/mol. The van der Waals surface area contributed by atoms with Gasteiger partial charge in [0.05, 0.1) is 0 Å². The Morgan fingerprint density at radius 3 is 2.75 bits per heavy atom. The van der Waals surface area contributed by atoms with Gasteiger partial charge in [0.25, 0.3) is 5.91 Å². The average Bonchev–Trinajstić information content (AvgIpc) is 2.21. The van der Waals surface area contributed by atoms with E-state index in [0.717, 1.165) is 13.1 Å². The molecule has 0 saturated carbocycles. The Bertz CT molecular complexity index is 226. The fourth-order valence-electron chi connectivity index (χ4n) is 1.92. The van der Waals surface area contributed by atoms with Crippen LogP contribution in [-0.4, -0.2) is 48.7 Å². The van der Waals surface area contributed by atoms with Crippen molar-refractivity contribution in [2.45, 2.75) is 45.9 Å². The van der Waals surface area contributed by atoms with Crippen LogP contribution in [0.1, 0.15) is 27.7 Å². The van der Waals surface area contributed by atoms with Crippen LogP contribution < -0.4 is 5.32 Å². The van der Waals surface area contributed by atoms with Crippen LogP contribution in [0.25, 0.3) is 0 Å². The summed E-state index contributed by atoms with van der Waals surface area (Å²) < 4.78 is 5.33. The number of amides is 1.